The summed E-state index contributed by atoms with van der Waals surface area (Å²) < 4.78 is 20.4. The van der Waals surface area contributed by atoms with Gasteiger partial charge in [0.15, 0.2) is 11.5 Å². The molecular weight excluding hydrogens is 388 g/mol. The Morgan fingerprint density at radius 3 is 2.14 bits per heavy atom. The molecule has 0 aliphatic rings. The fraction of sp³-hybridized carbons (Fsp3) is 0.263. The van der Waals surface area contributed by atoms with Crippen LogP contribution < -0.4 is 24.8 Å². The van der Waals surface area contributed by atoms with E-state index in [9.17, 15) is 9.59 Å². The molecule has 150 valence electrons. The molecule has 2 aromatic rings. The Labute approximate surface area is 167 Å². The number of ether oxygens (including phenoxy) is 4. The summed E-state index contributed by atoms with van der Waals surface area (Å²) in [5.41, 5.74) is 0.994. The summed E-state index contributed by atoms with van der Waals surface area (Å²) in [4.78, 5) is 24.4. The zero-order chi connectivity index (χ0) is 20.7. The smallest absolute Gasteiger partial charge is 0.340 e. The zero-order valence-corrected chi connectivity index (χ0v) is 16.7. The van der Waals surface area contributed by atoms with Crippen LogP contribution >= 0.6 is 11.6 Å². The number of nitrogens with one attached hydrogen (secondary N) is 2. The van der Waals surface area contributed by atoms with E-state index in [0.29, 0.717) is 33.6 Å². The molecule has 0 radical (unpaired) electrons. The molecular formula is C19H21ClN2O6. The highest BCUT2D eigenvalue weighted by atomic mass is 35.5. The molecule has 0 aromatic heterocycles. The van der Waals surface area contributed by atoms with Crippen molar-refractivity contribution in [3.05, 3.63) is 40.9 Å². The molecule has 1 amide bonds. The van der Waals surface area contributed by atoms with Gasteiger partial charge in [0, 0.05) is 17.2 Å². The second-order valence-electron chi connectivity index (χ2n) is 5.49. The Kier molecular flexibility index (Phi) is 7.34. The first-order valence-corrected chi connectivity index (χ1v) is 8.52. The van der Waals surface area contributed by atoms with Gasteiger partial charge in [0.1, 0.15) is 5.75 Å². The number of benzene rings is 2. The Morgan fingerprint density at radius 1 is 0.893 bits per heavy atom. The number of carbonyl (C=O) groups is 2. The topological polar surface area (TPSA) is 95.1 Å². The van der Waals surface area contributed by atoms with Crippen LogP contribution in [0, 0.1) is 0 Å². The molecule has 0 aliphatic carbocycles. The summed E-state index contributed by atoms with van der Waals surface area (Å²) in [5.74, 6) is 0.279. The largest absolute Gasteiger partial charge is 0.495 e. The molecule has 28 heavy (non-hydrogen) atoms. The van der Waals surface area contributed by atoms with Crippen molar-refractivity contribution in [3.63, 3.8) is 0 Å². The molecule has 2 N–H and O–H groups in total. The highest BCUT2D eigenvalue weighted by molar-refractivity contribution is 6.31. The van der Waals surface area contributed by atoms with Gasteiger partial charge in [0.25, 0.3) is 0 Å². The quantitative estimate of drug-likeness (QED) is 0.647. The van der Waals surface area contributed by atoms with E-state index in [1.807, 2.05) is 0 Å². The molecule has 0 saturated heterocycles. The van der Waals surface area contributed by atoms with E-state index in [0.717, 1.165) is 0 Å². The van der Waals surface area contributed by atoms with Crippen LogP contribution in [0.5, 0.6) is 17.2 Å². The van der Waals surface area contributed by atoms with Gasteiger partial charge in [-0.1, -0.05) is 11.6 Å². The second kappa shape index (κ2) is 9.70. The normalized spacial score (nSPS) is 10.0. The van der Waals surface area contributed by atoms with Gasteiger partial charge in [-0.3, -0.25) is 4.79 Å². The third-order valence-electron chi connectivity index (χ3n) is 3.80. The minimum Gasteiger partial charge on any atom is -0.495 e. The van der Waals surface area contributed by atoms with Gasteiger partial charge in [-0.05, 0) is 18.2 Å². The Hall–Kier alpha value is -3.13. The van der Waals surface area contributed by atoms with Gasteiger partial charge in [0.05, 0.1) is 51.9 Å². The van der Waals surface area contributed by atoms with E-state index in [1.165, 1.54) is 34.5 Å². The summed E-state index contributed by atoms with van der Waals surface area (Å²) in [6.07, 6.45) is 0. The first-order valence-electron chi connectivity index (χ1n) is 8.15. The van der Waals surface area contributed by atoms with Crippen molar-refractivity contribution in [1.82, 2.24) is 0 Å². The van der Waals surface area contributed by atoms with Crippen LogP contribution in [0.15, 0.2) is 30.3 Å². The third-order valence-corrected chi connectivity index (χ3v) is 4.04. The maximum absolute atomic E-state index is 12.3. The number of rotatable bonds is 8. The van der Waals surface area contributed by atoms with Crippen LogP contribution in [-0.4, -0.2) is 46.9 Å². The lowest BCUT2D eigenvalue weighted by Gasteiger charge is -2.15. The number of methoxy groups -OCH3 is 4. The fourth-order valence-corrected chi connectivity index (χ4v) is 2.62. The van der Waals surface area contributed by atoms with Crippen LogP contribution in [0.25, 0.3) is 0 Å². The molecule has 0 heterocycles. The van der Waals surface area contributed by atoms with Gasteiger partial charge < -0.3 is 29.6 Å². The maximum atomic E-state index is 12.3. The lowest BCUT2D eigenvalue weighted by Crippen LogP contribution is -2.23. The molecule has 0 bridgehead atoms. The molecule has 0 spiro atoms. The number of hydrogen-bond acceptors (Lipinski definition) is 7. The summed E-state index contributed by atoms with van der Waals surface area (Å²) >= 11 is 5.96. The van der Waals surface area contributed by atoms with Gasteiger partial charge in [0.2, 0.25) is 5.91 Å². The number of esters is 1. The standard InChI is InChI=1S/C19H21ClN2O6/c1-25-15-6-5-11(20)7-14(15)22-18(23)10-21-13-9-17(27-3)16(26-2)8-12(13)19(24)28-4/h5-9,21H,10H2,1-4H3,(H,22,23). The molecule has 0 atom stereocenters. The number of anilines is 2. The lowest BCUT2D eigenvalue weighted by atomic mass is 10.1. The number of halogens is 1. The summed E-state index contributed by atoms with van der Waals surface area (Å²) in [6.45, 7) is -0.130. The van der Waals surface area contributed by atoms with E-state index in [2.05, 4.69) is 10.6 Å². The summed E-state index contributed by atoms with van der Waals surface area (Å²) in [7, 11) is 5.68. The Balaban J connectivity index is 2.20. The first kappa shape index (κ1) is 21.2. The van der Waals surface area contributed by atoms with Crippen molar-refractivity contribution in [3.8, 4) is 17.2 Å². The molecule has 0 fully saturated rings. The molecule has 2 aromatic carbocycles. The zero-order valence-electron chi connectivity index (χ0n) is 15.9. The predicted octanol–water partition coefficient (Wildman–Crippen LogP) is 3.20. The van der Waals surface area contributed by atoms with E-state index in [1.54, 1.807) is 24.3 Å². The molecule has 0 aliphatic heterocycles. The highest BCUT2D eigenvalue weighted by Gasteiger charge is 2.18. The number of hydrogen-bond donors (Lipinski definition) is 2. The van der Waals surface area contributed by atoms with Crippen LogP contribution in [0.3, 0.4) is 0 Å². The number of carbonyl (C=O) groups excluding carboxylic acids is 2. The summed E-state index contributed by atoms with van der Waals surface area (Å²) in [5, 5.41) is 6.06. The SMILES string of the molecule is COC(=O)c1cc(OC)c(OC)cc1NCC(=O)Nc1cc(Cl)ccc1OC. The average Bonchev–Trinajstić information content (AvgIpc) is 2.71. The predicted molar refractivity (Wildman–Crippen MR) is 106 cm³/mol. The molecule has 9 heteroatoms. The lowest BCUT2D eigenvalue weighted by molar-refractivity contribution is -0.114. The summed E-state index contributed by atoms with van der Waals surface area (Å²) in [6, 6.07) is 7.91. The molecule has 2 rings (SSSR count). The number of amides is 1. The van der Waals surface area contributed by atoms with Crippen LogP contribution in [0.1, 0.15) is 10.4 Å². The van der Waals surface area contributed by atoms with Crippen molar-refractivity contribution >= 4 is 34.9 Å². The van der Waals surface area contributed by atoms with Crippen LogP contribution in [0.2, 0.25) is 5.02 Å². The van der Waals surface area contributed by atoms with Crippen molar-refractivity contribution in [2.24, 2.45) is 0 Å². The van der Waals surface area contributed by atoms with Gasteiger partial charge in [-0.15, -0.1) is 0 Å². The van der Waals surface area contributed by atoms with Gasteiger partial charge in [-0.25, -0.2) is 4.79 Å². The molecule has 0 unspecified atom stereocenters. The monoisotopic (exact) mass is 408 g/mol. The average molecular weight is 409 g/mol. The Morgan fingerprint density at radius 2 is 1.54 bits per heavy atom. The fourth-order valence-electron chi connectivity index (χ4n) is 2.45. The third kappa shape index (κ3) is 4.98. The van der Waals surface area contributed by atoms with E-state index in [-0.39, 0.29) is 18.0 Å². The van der Waals surface area contributed by atoms with Crippen LogP contribution in [0.4, 0.5) is 11.4 Å². The minimum absolute atomic E-state index is 0.130. The van der Waals surface area contributed by atoms with Crippen molar-refractivity contribution < 1.29 is 28.5 Å². The highest BCUT2D eigenvalue weighted by Crippen LogP contribution is 2.34. The van der Waals surface area contributed by atoms with Crippen molar-refractivity contribution in [2.45, 2.75) is 0 Å². The van der Waals surface area contributed by atoms with Crippen molar-refractivity contribution in [1.29, 1.82) is 0 Å². The van der Waals surface area contributed by atoms with Crippen molar-refractivity contribution in [2.75, 3.05) is 45.6 Å². The minimum atomic E-state index is -0.583. The Bertz CT molecular complexity index is 872. The maximum Gasteiger partial charge on any atom is 0.340 e. The van der Waals surface area contributed by atoms with E-state index < -0.39 is 5.97 Å². The van der Waals surface area contributed by atoms with Gasteiger partial charge in [-0.2, -0.15) is 0 Å². The van der Waals surface area contributed by atoms with E-state index in [4.69, 9.17) is 30.5 Å². The second-order valence-corrected chi connectivity index (χ2v) is 5.93. The molecule has 0 saturated carbocycles. The first-order chi connectivity index (χ1) is 13.4. The van der Waals surface area contributed by atoms with Crippen LogP contribution in [-0.2, 0) is 9.53 Å². The van der Waals surface area contributed by atoms with Gasteiger partial charge >= 0.3 is 5.97 Å². The van der Waals surface area contributed by atoms with E-state index >= 15 is 0 Å². The molecule has 8 nitrogen and oxygen atoms in total.